The molecule has 2 unspecified atom stereocenters. The molecule has 2 atom stereocenters. The van der Waals surface area contributed by atoms with E-state index in [1.165, 1.54) is 37.7 Å². The zero-order chi connectivity index (χ0) is 14.8. The molecule has 2 nitrogen and oxygen atoms in total. The van der Waals surface area contributed by atoms with Gasteiger partial charge in [-0.15, -0.1) is 0 Å². The van der Waals surface area contributed by atoms with Crippen molar-refractivity contribution < 1.29 is 4.74 Å². The Bertz CT molecular complexity index is 364. The van der Waals surface area contributed by atoms with Gasteiger partial charge in [-0.25, -0.2) is 0 Å². The summed E-state index contributed by atoms with van der Waals surface area (Å²) < 4.78 is 5.42. The van der Waals surface area contributed by atoms with Crippen molar-refractivity contribution in [2.24, 2.45) is 0 Å². The fourth-order valence-electron chi connectivity index (χ4n) is 2.71. The monoisotopic (exact) mass is 277 g/mol. The Hall–Kier alpha value is -1.02. The van der Waals surface area contributed by atoms with Gasteiger partial charge in [-0.2, -0.15) is 0 Å². The SMILES string of the molecule is CCCCCCC(C)NC(C)Cc1ccccc1OC. The number of para-hydroxylation sites is 1. The second-order valence-electron chi connectivity index (χ2n) is 5.83. The van der Waals surface area contributed by atoms with Crippen LogP contribution in [0, 0.1) is 0 Å². The van der Waals surface area contributed by atoms with Crippen molar-refractivity contribution in [2.75, 3.05) is 7.11 Å². The van der Waals surface area contributed by atoms with Crippen molar-refractivity contribution in [3.63, 3.8) is 0 Å². The summed E-state index contributed by atoms with van der Waals surface area (Å²) in [6.45, 7) is 6.82. The third kappa shape index (κ3) is 6.42. The smallest absolute Gasteiger partial charge is 0.122 e. The molecule has 0 saturated carbocycles. The number of methoxy groups -OCH3 is 1. The molecule has 2 heteroatoms. The second kappa shape index (κ2) is 9.82. The molecule has 0 fully saturated rings. The molecule has 1 aromatic carbocycles. The highest BCUT2D eigenvalue weighted by Crippen LogP contribution is 2.19. The summed E-state index contributed by atoms with van der Waals surface area (Å²) in [5, 5.41) is 3.70. The van der Waals surface area contributed by atoms with E-state index in [1.54, 1.807) is 7.11 Å². The standard InChI is InChI=1S/C18H31NO/c1-5-6-7-8-11-15(2)19-16(3)14-17-12-9-10-13-18(17)20-4/h9-10,12-13,15-16,19H,5-8,11,14H2,1-4H3. The molecule has 0 aromatic heterocycles. The maximum absolute atomic E-state index is 5.42. The van der Waals surface area contributed by atoms with Gasteiger partial charge < -0.3 is 10.1 Å². The molecule has 114 valence electrons. The lowest BCUT2D eigenvalue weighted by Gasteiger charge is -2.21. The fourth-order valence-corrected chi connectivity index (χ4v) is 2.71. The molecule has 0 bridgehead atoms. The van der Waals surface area contributed by atoms with E-state index in [-0.39, 0.29) is 0 Å². The van der Waals surface area contributed by atoms with Crippen LogP contribution in [-0.4, -0.2) is 19.2 Å². The first-order valence-electron chi connectivity index (χ1n) is 8.05. The molecule has 0 aliphatic heterocycles. The number of rotatable bonds is 10. The summed E-state index contributed by atoms with van der Waals surface area (Å²) in [6, 6.07) is 9.37. The highest BCUT2D eigenvalue weighted by atomic mass is 16.5. The van der Waals surface area contributed by atoms with Crippen molar-refractivity contribution in [1.82, 2.24) is 5.32 Å². The number of hydrogen-bond donors (Lipinski definition) is 1. The number of hydrogen-bond acceptors (Lipinski definition) is 2. The Morgan fingerprint density at radius 1 is 1.05 bits per heavy atom. The van der Waals surface area contributed by atoms with Gasteiger partial charge in [0.15, 0.2) is 0 Å². The predicted octanol–water partition coefficient (Wildman–Crippen LogP) is 4.57. The largest absolute Gasteiger partial charge is 0.496 e. The molecule has 0 heterocycles. The first-order chi connectivity index (χ1) is 9.67. The van der Waals surface area contributed by atoms with Crippen LogP contribution in [0.3, 0.4) is 0 Å². The van der Waals surface area contributed by atoms with Crippen molar-refractivity contribution >= 4 is 0 Å². The molecule has 0 spiro atoms. The molecule has 1 aromatic rings. The summed E-state index contributed by atoms with van der Waals surface area (Å²) >= 11 is 0. The van der Waals surface area contributed by atoms with Gasteiger partial charge in [0.1, 0.15) is 5.75 Å². The van der Waals surface area contributed by atoms with Crippen LogP contribution >= 0.6 is 0 Å². The van der Waals surface area contributed by atoms with E-state index >= 15 is 0 Å². The second-order valence-corrected chi connectivity index (χ2v) is 5.83. The van der Waals surface area contributed by atoms with Gasteiger partial charge in [0.2, 0.25) is 0 Å². The zero-order valence-corrected chi connectivity index (χ0v) is 13.6. The van der Waals surface area contributed by atoms with E-state index in [2.05, 4.69) is 38.2 Å². The number of nitrogens with one attached hydrogen (secondary N) is 1. The van der Waals surface area contributed by atoms with Crippen LogP contribution in [-0.2, 0) is 6.42 Å². The minimum Gasteiger partial charge on any atom is -0.496 e. The van der Waals surface area contributed by atoms with Gasteiger partial charge in [0.25, 0.3) is 0 Å². The number of unbranched alkanes of at least 4 members (excludes halogenated alkanes) is 3. The van der Waals surface area contributed by atoms with Gasteiger partial charge in [-0.05, 0) is 38.3 Å². The topological polar surface area (TPSA) is 21.3 Å². The first kappa shape index (κ1) is 17.0. The van der Waals surface area contributed by atoms with Crippen LogP contribution in [0.5, 0.6) is 5.75 Å². The number of ether oxygens (including phenoxy) is 1. The Balaban J connectivity index is 2.33. The first-order valence-corrected chi connectivity index (χ1v) is 8.05. The molecule has 0 amide bonds. The summed E-state index contributed by atoms with van der Waals surface area (Å²) in [5.41, 5.74) is 1.29. The molecule has 1 N–H and O–H groups in total. The van der Waals surface area contributed by atoms with Crippen molar-refractivity contribution in [1.29, 1.82) is 0 Å². The quantitative estimate of drug-likeness (QED) is 0.632. The summed E-state index contributed by atoms with van der Waals surface area (Å²) in [4.78, 5) is 0. The van der Waals surface area contributed by atoms with Crippen LogP contribution in [0.15, 0.2) is 24.3 Å². The van der Waals surface area contributed by atoms with Gasteiger partial charge in [-0.1, -0.05) is 50.8 Å². The van der Waals surface area contributed by atoms with Gasteiger partial charge >= 0.3 is 0 Å². The van der Waals surface area contributed by atoms with Crippen LogP contribution in [0.25, 0.3) is 0 Å². The van der Waals surface area contributed by atoms with Crippen molar-refractivity contribution in [3.05, 3.63) is 29.8 Å². The normalized spacial score (nSPS) is 14.0. The lowest BCUT2D eigenvalue weighted by atomic mass is 10.0. The van der Waals surface area contributed by atoms with Gasteiger partial charge in [0.05, 0.1) is 7.11 Å². The lowest BCUT2D eigenvalue weighted by Crippen LogP contribution is -2.35. The van der Waals surface area contributed by atoms with Crippen molar-refractivity contribution in [3.8, 4) is 5.75 Å². The Morgan fingerprint density at radius 2 is 1.80 bits per heavy atom. The third-order valence-corrected chi connectivity index (χ3v) is 3.78. The van der Waals surface area contributed by atoms with Gasteiger partial charge in [0, 0.05) is 12.1 Å². The minimum absolute atomic E-state index is 0.479. The summed E-state index contributed by atoms with van der Waals surface area (Å²) in [7, 11) is 1.74. The highest BCUT2D eigenvalue weighted by Gasteiger charge is 2.10. The Labute approximate surface area is 124 Å². The van der Waals surface area contributed by atoms with E-state index in [1.807, 2.05) is 12.1 Å². The molecular formula is C18H31NO. The fraction of sp³-hybridized carbons (Fsp3) is 0.667. The number of benzene rings is 1. The molecule has 0 aliphatic carbocycles. The molecule has 0 radical (unpaired) electrons. The van der Waals surface area contributed by atoms with E-state index < -0.39 is 0 Å². The minimum atomic E-state index is 0.479. The van der Waals surface area contributed by atoms with Crippen LogP contribution in [0.1, 0.15) is 58.4 Å². The maximum Gasteiger partial charge on any atom is 0.122 e. The van der Waals surface area contributed by atoms with Crippen molar-refractivity contribution in [2.45, 2.75) is 71.4 Å². The predicted molar refractivity (Wildman–Crippen MR) is 87.5 cm³/mol. The maximum atomic E-state index is 5.42. The van der Waals surface area contributed by atoms with Crippen LogP contribution < -0.4 is 10.1 Å². The summed E-state index contributed by atoms with van der Waals surface area (Å²) in [5.74, 6) is 0.997. The van der Waals surface area contributed by atoms with Crippen LogP contribution in [0.4, 0.5) is 0 Å². The molecule has 0 aliphatic rings. The van der Waals surface area contributed by atoms with E-state index in [9.17, 15) is 0 Å². The Morgan fingerprint density at radius 3 is 2.50 bits per heavy atom. The molecule has 20 heavy (non-hydrogen) atoms. The molecular weight excluding hydrogens is 246 g/mol. The summed E-state index contributed by atoms with van der Waals surface area (Å²) in [6.07, 6.45) is 7.67. The lowest BCUT2D eigenvalue weighted by molar-refractivity contribution is 0.397. The van der Waals surface area contributed by atoms with Gasteiger partial charge in [-0.3, -0.25) is 0 Å². The average Bonchev–Trinajstić information content (AvgIpc) is 2.44. The van der Waals surface area contributed by atoms with E-state index in [0.717, 1.165) is 12.2 Å². The molecule has 1 rings (SSSR count). The average molecular weight is 277 g/mol. The zero-order valence-electron chi connectivity index (χ0n) is 13.6. The van der Waals surface area contributed by atoms with E-state index in [4.69, 9.17) is 4.74 Å². The highest BCUT2D eigenvalue weighted by molar-refractivity contribution is 5.33. The third-order valence-electron chi connectivity index (χ3n) is 3.78. The van der Waals surface area contributed by atoms with E-state index in [0.29, 0.717) is 12.1 Å². The Kier molecular flexibility index (Phi) is 8.36. The van der Waals surface area contributed by atoms with Crippen LogP contribution in [0.2, 0.25) is 0 Å². The molecule has 0 saturated heterocycles.